The fourth-order valence-electron chi connectivity index (χ4n) is 2.83. The van der Waals surface area contributed by atoms with Crippen molar-refractivity contribution in [1.29, 1.82) is 0 Å². The third kappa shape index (κ3) is 6.29. The van der Waals surface area contributed by atoms with Crippen molar-refractivity contribution in [3.63, 3.8) is 0 Å². The average Bonchev–Trinajstić information content (AvgIpc) is 3.15. The van der Waals surface area contributed by atoms with Gasteiger partial charge in [-0.2, -0.15) is 5.10 Å². The van der Waals surface area contributed by atoms with Gasteiger partial charge in [-0.1, -0.05) is 60.7 Å². The maximum Gasteiger partial charge on any atom is 0.191 e. The van der Waals surface area contributed by atoms with Gasteiger partial charge in [-0.15, -0.1) is 0 Å². The van der Waals surface area contributed by atoms with Gasteiger partial charge in [-0.25, -0.2) is 4.99 Å². The molecule has 1 aromatic heterocycles. The molecular formula is C22H27N5. The van der Waals surface area contributed by atoms with Gasteiger partial charge in [0.2, 0.25) is 0 Å². The molecule has 3 aromatic rings. The van der Waals surface area contributed by atoms with Gasteiger partial charge in [-0.3, -0.25) is 4.68 Å². The molecule has 5 heteroatoms. The molecule has 0 spiro atoms. The fraction of sp³-hybridized carbons (Fsp3) is 0.273. The van der Waals surface area contributed by atoms with Crippen LogP contribution in [0.25, 0.3) is 0 Å². The molecule has 0 saturated heterocycles. The Bertz CT molecular complexity index is 824. The number of nitrogens with one attached hydrogen (secondary N) is 2. The van der Waals surface area contributed by atoms with Crippen LogP contribution in [-0.2, 0) is 19.5 Å². The van der Waals surface area contributed by atoms with Gasteiger partial charge < -0.3 is 10.6 Å². The van der Waals surface area contributed by atoms with Crippen LogP contribution in [0.2, 0.25) is 0 Å². The molecule has 0 unspecified atom stereocenters. The molecule has 0 atom stereocenters. The van der Waals surface area contributed by atoms with Crippen molar-refractivity contribution < 1.29 is 0 Å². The minimum atomic E-state index is 0.607. The van der Waals surface area contributed by atoms with Gasteiger partial charge in [0.25, 0.3) is 0 Å². The highest BCUT2D eigenvalue weighted by Crippen LogP contribution is 2.05. The van der Waals surface area contributed by atoms with Crippen molar-refractivity contribution in [1.82, 2.24) is 20.4 Å². The molecule has 2 N–H and O–H groups in total. The Morgan fingerprint density at radius 1 is 0.926 bits per heavy atom. The second kappa shape index (κ2) is 10.2. The predicted molar refractivity (Wildman–Crippen MR) is 111 cm³/mol. The summed E-state index contributed by atoms with van der Waals surface area (Å²) in [5, 5.41) is 11.1. The molecule has 0 aliphatic heterocycles. The first-order valence-electron chi connectivity index (χ1n) is 9.45. The van der Waals surface area contributed by atoms with Gasteiger partial charge in [0.1, 0.15) is 0 Å². The summed E-state index contributed by atoms with van der Waals surface area (Å²) in [6.07, 6.45) is 4.92. The van der Waals surface area contributed by atoms with Gasteiger partial charge in [0.05, 0.1) is 19.3 Å². The van der Waals surface area contributed by atoms with Gasteiger partial charge in [0.15, 0.2) is 5.96 Å². The zero-order chi connectivity index (χ0) is 18.7. The lowest BCUT2D eigenvalue weighted by Gasteiger charge is -2.11. The maximum absolute atomic E-state index is 4.68. The minimum Gasteiger partial charge on any atom is -0.357 e. The lowest BCUT2D eigenvalue weighted by molar-refractivity contribution is 0.686. The first-order chi connectivity index (χ1) is 13.3. The Morgan fingerprint density at radius 2 is 1.63 bits per heavy atom. The van der Waals surface area contributed by atoms with Crippen LogP contribution in [0.3, 0.4) is 0 Å². The van der Waals surface area contributed by atoms with E-state index in [0.717, 1.165) is 37.6 Å². The third-order valence-corrected chi connectivity index (χ3v) is 4.19. The first kappa shape index (κ1) is 18.7. The number of hydrogen-bond donors (Lipinski definition) is 2. The molecular weight excluding hydrogens is 334 g/mol. The Hall–Kier alpha value is -3.08. The third-order valence-electron chi connectivity index (χ3n) is 4.19. The molecule has 0 saturated carbocycles. The second-order valence-corrected chi connectivity index (χ2v) is 6.39. The van der Waals surface area contributed by atoms with E-state index < -0.39 is 0 Å². The van der Waals surface area contributed by atoms with Gasteiger partial charge in [-0.05, 0) is 24.5 Å². The summed E-state index contributed by atoms with van der Waals surface area (Å²) in [7, 11) is 0. The van der Waals surface area contributed by atoms with Gasteiger partial charge >= 0.3 is 0 Å². The number of aliphatic imine (C=N–C) groups is 1. The number of guanidine groups is 1. The summed E-state index contributed by atoms with van der Waals surface area (Å²) in [6, 6.07) is 20.8. The van der Waals surface area contributed by atoms with Gasteiger partial charge in [0, 0.05) is 24.8 Å². The number of aromatic nitrogens is 2. The van der Waals surface area contributed by atoms with E-state index in [9.17, 15) is 0 Å². The summed E-state index contributed by atoms with van der Waals surface area (Å²) in [5.41, 5.74) is 3.67. The Balaban J connectivity index is 1.52. The van der Waals surface area contributed by atoms with Crippen LogP contribution < -0.4 is 10.6 Å². The summed E-state index contributed by atoms with van der Waals surface area (Å²) in [5.74, 6) is 0.837. The SMILES string of the molecule is CCNC(=NCc1cnn(Cc2ccccc2)c1)NCCc1ccccc1. The van der Waals surface area contributed by atoms with Crippen LogP contribution >= 0.6 is 0 Å². The summed E-state index contributed by atoms with van der Waals surface area (Å²) in [6.45, 7) is 5.15. The molecule has 0 aliphatic rings. The molecule has 140 valence electrons. The zero-order valence-electron chi connectivity index (χ0n) is 15.8. The number of hydrogen-bond acceptors (Lipinski definition) is 2. The largest absolute Gasteiger partial charge is 0.357 e. The van der Waals surface area contributed by atoms with E-state index in [4.69, 9.17) is 0 Å². The Kier molecular flexibility index (Phi) is 7.04. The summed E-state index contributed by atoms with van der Waals surface area (Å²) in [4.78, 5) is 4.68. The van der Waals surface area contributed by atoms with Crippen molar-refractivity contribution in [3.05, 3.63) is 89.7 Å². The monoisotopic (exact) mass is 361 g/mol. The van der Waals surface area contributed by atoms with Crippen LogP contribution in [0.1, 0.15) is 23.6 Å². The first-order valence-corrected chi connectivity index (χ1v) is 9.45. The molecule has 0 radical (unpaired) electrons. The zero-order valence-corrected chi connectivity index (χ0v) is 15.8. The highest BCUT2D eigenvalue weighted by molar-refractivity contribution is 5.79. The molecule has 0 fully saturated rings. The van der Waals surface area contributed by atoms with Crippen molar-refractivity contribution >= 4 is 5.96 Å². The van der Waals surface area contributed by atoms with Crippen LogP contribution in [0, 0.1) is 0 Å². The predicted octanol–water partition coefficient (Wildman–Crippen LogP) is 3.23. The molecule has 0 aliphatic carbocycles. The van der Waals surface area contributed by atoms with E-state index in [1.807, 2.05) is 35.1 Å². The highest BCUT2D eigenvalue weighted by Gasteiger charge is 2.01. The van der Waals surface area contributed by atoms with E-state index in [1.54, 1.807) is 0 Å². The van der Waals surface area contributed by atoms with E-state index in [0.29, 0.717) is 6.54 Å². The lowest BCUT2D eigenvalue weighted by Crippen LogP contribution is -2.38. The topological polar surface area (TPSA) is 54.2 Å². The van der Waals surface area contributed by atoms with E-state index >= 15 is 0 Å². The smallest absolute Gasteiger partial charge is 0.191 e. The molecule has 2 aromatic carbocycles. The highest BCUT2D eigenvalue weighted by atomic mass is 15.3. The van der Waals surface area contributed by atoms with Crippen LogP contribution in [0.5, 0.6) is 0 Å². The molecule has 0 bridgehead atoms. The molecule has 27 heavy (non-hydrogen) atoms. The Morgan fingerprint density at radius 3 is 2.33 bits per heavy atom. The van der Waals surface area contributed by atoms with Crippen molar-refractivity contribution in [2.75, 3.05) is 13.1 Å². The van der Waals surface area contributed by atoms with Crippen LogP contribution in [-0.4, -0.2) is 28.8 Å². The second-order valence-electron chi connectivity index (χ2n) is 6.39. The quantitative estimate of drug-likeness (QED) is 0.478. The lowest BCUT2D eigenvalue weighted by atomic mass is 10.1. The fourth-order valence-corrected chi connectivity index (χ4v) is 2.83. The molecule has 5 nitrogen and oxygen atoms in total. The number of rotatable bonds is 8. The summed E-state index contributed by atoms with van der Waals surface area (Å²) < 4.78 is 1.95. The van der Waals surface area contributed by atoms with E-state index in [-0.39, 0.29) is 0 Å². The number of benzene rings is 2. The van der Waals surface area contributed by atoms with Crippen LogP contribution in [0.15, 0.2) is 78.0 Å². The van der Waals surface area contributed by atoms with Crippen molar-refractivity contribution in [3.8, 4) is 0 Å². The van der Waals surface area contributed by atoms with Crippen molar-refractivity contribution in [2.45, 2.75) is 26.4 Å². The standard InChI is InChI=1S/C22H27N5/c1-2-23-22(24-14-13-19-9-5-3-6-10-19)25-15-21-16-26-27(18-21)17-20-11-7-4-8-12-20/h3-12,16,18H,2,13-15,17H2,1H3,(H2,23,24,25). The molecule has 1 heterocycles. The van der Waals surface area contributed by atoms with E-state index in [2.05, 4.69) is 70.2 Å². The maximum atomic E-state index is 4.68. The number of nitrogens with zero attached hydrogens (tertiary/aromatic N) is 3. The minimum absolute atomic E-state index is 0.607. The van der Waals surface area contributed by atoms with E-state index in [1.165, 1.54) is 11.1 Å². The Labute approximate surface area is 161 Å². The molecule has 3 rings (SSSR count). The molecule has 0 amide bonds. The summed E-state index contributed by atoms with van der Waals surface area (Å²) >= 11 is 0. The van der Waals surface area contributed by atoms with Crippen LogP contribution in [0.4, 0.5) is 0 Å². The normalized spacial score (nSPS) is 11.4. The average molecular weight is 361 g/mol. The van der Waals surface area contributed by atoms with Crippen molar-refractivity contribution in [2.24, 2.45) is 4.99 Å².